The molecule has 20 heavy (non-hydrogen) atoms. The molecule has 1 atom stereocenters. The van der Waals surface area contributed by atoms with Gasteiger partial charge >= 0.3 is 5.97 Å². The van der Waals surface area contributed by atoms with Crippen LogP contribution < -0.4 is 0 Å². The van der Waals surface area contributed by atoms with Crippen LogP contribution in [0.25, 0.3) is 0 Å². The van der Waals surface area contributed by atoms with Crippen LogP contribution in [0.1, 0.15) is 23.7 Å². The number of hydrogen-bond acceptors (Lipinski definition) is 6. The van der Waals surface area contributed by atoms with Crippen LogP contribution >= 0.6 is 0 Å². The summed E-state index contributed by atoms with van der Waals surface area (Å²) in [4.78, 5) is 11.7. The number of hydrogen-bond donors (Lipinski definition) is 1. The predicted octanol–water partition coefficient (Wildman–Crippen LogP) is 0.961. The third-order valence-corrected chi connectivity index (χ3v) is 3.06. The normalized spacial score (nSPS) is 14.6. The van der Waals surface area contributed by atoms with Crippen LogP contribution in [0.15, 0.2) is 30.3 Å². The minimum atomic E-state index is -3.54. The standard InChI is InChI=1S/C13H18O6S/c1-13(15,8-9-19-20(2,16)17)10-18-12(14)11-6-4-3-5-7-11/h3-7,15H,8-10H2,1-2H3. The molecule has 1 N–H and O–H groups in total. The van der Waals surface area contributed by atoms with E-state index in [1.807, 2.05) is 0 Å². The maximum atomic E-state index is 11.7. The fourth-order valence-corrected chi connectivity index (χ4v) is 1.75. The maximum absolute atomic E-state index is 11.7. The molecule has 7 heteroatoms. The largest absolute Gasteiger partial charge is 0.459 e. The first-order valence-corrected chi connectivity index (χ1v) is 7.80. The second-order valence-electron chi connectivity index (χ2n) is 4.72. The molecule has 112 valence electrons. The molecule has 0 aliphatic rings. The molecule has 0 spiro atoms. The van der Waals surface area contributed by atoms with Crippen LogP contribution in [0.2, 0.25) is 0 Å². The highest BCUT2D eigenvalue weighted by molar-refractivity contribution is 7.85. The monoisotopic (exact) mass is 302 g/mol. The minimum absolute atomic E-state index is 0.0299. The number of carbonyl (C=O) groups excluding carboxylic acids is 1. The summed E-state index contributed by atoms with van der Waals surface area (Å²) in [6.45, 7) is 1.03. The van der Waals surface area contributed by atoms with Gasteiger partial charge in [-0.2, -0.15) is 8.42 Å². The lowest BCUT2D eigenvalue weighted by molar-refractivity contribution is -0.0309. The van der Waals surface area contributed by atoms with Crippen molar-refractivity contribution < 1.29 is 27.2 Å². The van der Waals surface area contributed by atoms with Gasteiger partial charge in [0.25, 0.3) is 10.1 Å². The molecule has 0 saturated carbocycles. The Morgan fingerprint density at radius 3 is 2.45 bits per heavy atom. The highest BCUT2D eigenvalue weighted by Crippen LogP contribution is 2.12. The lowest BCUT2D eigenvalue weighted by Crippen LogP contribution is -2.33. The van der Waals surface area contributed by atoms with Crippen molar-refractivity contribution >= 4 is 16.1 Å². The van der Waals surface area contributed by atoms with E-state index in [1.165, 1.54) is 6.92 Å². The van der Waals surface area contributed by atoms with E-state index >= 15 is 0 Å². The van der Waals surface area contributed by atoms with E-state index < -0.39 is 21.7 Å². The first kappa shape index (κ1) is 16.6. The molecule has 1 unspecified atom stereocenters. The van der Waals surface area contributed by atoms with Crippen molar-refractivity contribution in [1.29, 1.82) is 0 Å². The van der Waals surface area contributed by atoms with Crippen molar-refractivity contribution in [2.45, 2.75) is 18.9 Å². The molecule has 0 aliphatic carbocycles. The summed E-state index contributed by atoms with van der Waals surface area (Å²) >= 11 is 0. The molecule has 0 bridgehead atoms. The van der Waals surface area contributed by atoms with Crippen molar-refractivity contribution in [3.05, 3.63) is 35.9 Å². The van der Waals surface area contributed by atoms with E-state index in [0.717, 1.165) is 6.26 Å². The second-order valence-corrected chi connectivity index (χ2v) is 6.36. The summed E-state index contributed by atoms with van der Waals surface area (Å²) in [5, 5.41) is 9.96. The molecule has 0 aliphatic heterocycles. The van der Waals surface area contributed by atoms with E-state index in [2.05, 4.69) is 4.18 Å². The Bertz CT molecular complexity index is 535. The van der Waals surface area contributed by atoms with Gasteiger partial charge in [-0.15, -0.1) is 0 Å². The zero-order chi connectivity index (χ0) is 15.2. The van der Waals surface area contributed by atoms with Crippen molar-refractivity contribution in [3.8, 4) is 0 Å². The van der Waals surface area contributed by atoms with Gasteiger partial charge in [0.15, 0.2) is 0 Å². The molecule has 0 saturated heterocycles. The number of aliphatic hydroxyl groups is 1. The lowest BCUT2D eigenvalue weighted by Gasteiger charge is -2.22. The van der Waals surface area contributed by atoms with Gasteiger partial charge in [0.1, 0.15) is 6.61 Å². The topological polar surface area (TPSA) is 89.9 Å². The molecule has 1 rings (SSSR count). The van der Waals surface area contributed by atoms with Crippen LogP contribution in [-0.2, 0) is 19.0 Å². The van der Waals surface area contributed by atoms with E-state index in [4.69, 9.17) is 4.74 Å². The SMILES string of the molecule is CC(O)(CCOS(C)(=O)=O)COC(=O)c1ccccc1. The van der Waals surface area contributed by atoms with Crippen LogP contribution in [-0.4, -0.2) is 44.6 Å². The summed E-state index contributed by atoms with van der Waals surface area (Å²) in [6, 6.07) is 8.38. The number of esters is 1. The van der Waals surface area contributed by atoms with E-state index in [9.17, 15) is 18.3 Å². The number of benzene rings is 1. The van der Waals surface area contributed by atoms with Gasteiger partial charge in [-0.25, -0.2) is 4.79 Å². The molecule has 0 fully saturated rings. The van der Waals surface area contributed by atoms with Gasteiger partial charge in [0.2, 0.25) is 0 Å². The molecule has 0 amide bonds. The summed E-state index contributed by atoms with van der Waals surface area (Å²) < 4.78 is 31.1. The fraction of sp³-hybridized carbons (Fsp3) is 0.462. The quantitative estimate of drug-likeness (QED) is 0.596. The smallest absolute Gasteiger partial charge is 0.338 e. The van der Waals surface area contributed by atoms with Crippen molar-refractivity contribution in [3.63, 3.8) is 0 Å². The Kier molecular flexibility index (Phi) is 5.67. The highest BCUT2D eigenvalue weighted by Gasteiger charge is 2.23. The van der Waals surface area contributed by atoms with E-state index in [-0.39, 0.29) is 19.6 Å². The summed E-state index contributed by atoms with van der Waals surface area (Å²) in [7, 11) is -3.54. The van der Waals surface area contributed by atoms with Crippen LogP contribution in [0, 0.1) is 0 Å². The summed E-state index contributed by atoms with van der Waals surface area (Å²) in [5.41, 5.74) is -0.967. The summed E-state index contributed by atoms with van der Waals surface area (Å²) in [6.07, 6.45) is 0.958. The van der Waals surface area contributed by atoms with Crippen LogP contribution in [0.3, 0.4) is 0 Å². The molecule has 1 aromatic carbocycles. The first-order valence-electron chi connectivity index (χ1n) is 5.99. The molecule has 1 aromatic rings. The zero-order valence-corrected chi connectivity index (χ0v) is 12.2. The Labute approximate surface area is 118 Å². The first-order chi connectivity index (χ1) is 9.20. The molecule has 0 radical (unpaired) electrons. The van der Waals surface area contributed by atoms with Crippen LogP contribution in [0.5, 0.6) is 0 Å². The number of carbonyl (C=O) groups is 1. The Hall–Kier alpha value is -1.44. The van der Waals surface area contributed by atoms with Crippen molar-refractivity contribution in [2.24, 2.45) is 0 Å². The second kappa shape index (κ2) is 6.83. The van der Waals surface area contributed by atoms with Crippen molar-refractivity contribution in [1.82, 2.24) is 0 Å². The number of rotatable bonds is 7. The van der Waals surface area contributed by atoms with E-state index in [1.54, 1.807) is 30.3 Å². The lowest BCUT2D eigenvalue weighted by atomic mass is 10.1. The molecule has 0 aromatic heterocycles. The third-order valence-electron chi connectivity index (χ3n) is 2.46. The highest BCUT2D eigenvalue weighted by atomic mass is 32.2. The van der Waals surface area contributed by atoms with Crippen LogP contribution in [0.4, 0.5) is 0 Å². The molecule has 0 heterocycles. The van der Waals surface area contributed by atoms with Gasteiger partial charge in [0.05, 0.1) is 24.0 Å². The van der Waals surface area contributed by atoms with Gasteiger partial charge in [-0.3, -0.25) is 4.18 Å². The third kappa shape index (κ3) is 6.65. The fourth-order valence-electron chi connectivity index (χ4n) is 1.36. The Balaban J connectivity index is 2.41. The zero-order valence-electron chi connectivity index (χ0n) is 11.4. The molecular formula is C13H18O6S. The summed E-state index contributed by atoms with van der Waals surface area (Å²) in [5.74, 6) is -0.546. The van der Waals surface area contributed by atoms with Gasteiger partial charge < -0.3 is 9.84 Å². The molecule has 6 nitrogen and oxygen atoms in total. The Morgan fingerprint density at radius 2 is 1.90 bits per heavy atom. The Morgan fingerprint density at radius 1 is 1.30 bits per heavy atom. The maximum Gasteiger partial charge on any atom is 0.338 e. The van der Waals surface area contributed by atoms with E-state index in [0.29, 0.717) is 5.56 Å². The average Bonchev–Trinajstić information content (AvgIpc) is 2.35. The average molecular weight is 302 g/mol. The minimum Gasteiger partial charge on any atom is -0.459 e. The van der Waals surface area contributed by atoms with Gasteiger partial charge in [-0.05, 0) is 19.1 Å². The van der Waals surface area contributed by atoms with Gasteiger partial charge in [-0.1, -0.05) is 18.2 Å². The van der Waals surface area contributed by atoms with Gasteiger partial charge in [0, 0.05) is 6.42 Å². The number of ether oxygens (including phenoxy) is 1. The molecular weight excluding hydrogens is 284 g/mol. The predicted molar refractivity (Wildman–Crippen MR) is 72.8 cm³/mol. The van der Waals surface area contributed by atoms with Crippen molar-refractivity contribution in [2.75, 3.05) is 19.5 Å².